The van der Waals surface area contributed by atoms with Crippen molar-refractivity contribution in [3.8, 4) is 5.75 Å². The Labute approximate surface area is 164 Å². The number of hydrogen-bond donors (Lipinski definition) is 1. The van der Waals surface area contributed by atoms with Crippen LogP contribution in [-0.2, 0) is 21.2 Å². The molecule has 7 nitrogen and oxygen atoms in total. The summed E-state index contributed by atoms with van der Waals surface area (Å²) in [5.74, 6) is -0.0135. The Kier molecular flexibility index (Phi) is 5.69. The summed E-state index contributed by atoms with van der Waals surface area (Å²) < 4.78 is 32.0. The fourth-order valence-corrected chi connectivity index (χ4v) is 3.85. The molecule has 2 heterocycles. The lowest BCUT2D eigenvalue weighted by molar-refractivity contribution is -0.115. The minimum Gasteiger partial charge on any atom is -0.487 e. The Balaban J connectivity index is 1.66. The number of nitrogens with zero attached hydrogens (tertiary/aromatic N) is 2. The van der Waals surface area contributed by atoms with Crippen LogP contribution in [0.4, 0.5) is 5.69 Å². The number of fused-ring (bicyclic) bond motifs is 1. The first-order valence-corrected chi connectivity index (χ1v) is 10.6. The van der Waals surface area contributed by atoms with Gasteiger partial charge in [-0.25, -0.2) is 13.4 Å². The smallest absolute Gasteiger partial charge is 0.242 e. The molecule has 1 amide bonds. The van der Waals surface area contributed by atoms with E-state index in [4.69, 9.17) is 4.74 Å². The van der Waals surface area contributed by atoms with E-state index >= 15 is 0 Å². The number of carbonyl (C=O) groups is 1. The molecular weight excluding hydrogens is 378 g/mol. The van der Waals surface area contributed by atoms with Crippen molar-refractivity contribution in [2.45, 2.75) is 37.9 Å². The Bertz CT molecular complexity index is 1060. The first-order valence-electron chi connectivity index (χ1n) is 8.96. The van der Waals surface area contributed by atoms with Crippen LogP contribution in [-0.4, -0.2) is 34.2 Å². The van der Waals surface area contributed by atoms with Gasteiger partial charge in [0.2, 0.25) is 5.91 Å². The summed E-state index contributed by atoms with van der Waals surface area (Å²) in [7, 11) is -3.52. The maximum Gasteiger partial charge on any atom is 0.242 e. The molecule has 148 valence electrons. The molecule has 0 saturated carbocycles. The van der Waals surface area contributed by atoms with Gasteiger partial charge in [-0.3, -0.25) is 4.79 Å². The van der Waals surface area contributed by atoms with Gasteiger partial charge >= 0.3 is 0 Å². The fourth-order valence-electron chi connectivity index (χ4n) is 2.68. The number of hydrogen-bond acceptors (Lipinski definition) is 5. The summed E-state index contributed by atoms with van der Waals surface area (Å²) >= 11 is 0. The van der Waals surface area contributed by atoms with Crippen LogP contribution in [0.1, 0.15) is 26.5 Å². The second-order valence-electron chi connectivity index (χ2n) is 6.78. The monoisotopic (exact) mass is 401 g/mol. The van der Waals surface area contributed by atoms with E-state index in [-0.39, 0.29) is 6.61 Å². The second-order valence-corrected chi connectivity index (χ2v) is 9.61. The van der Waals surface area contributed by atoms with Gasteiger partial charge < -0.3 is 14.5 Å². The van der Waals surface area contributed by atoms with Crippen molar-refractivity contribution < 1.29 is 17.9 Å². The number of imidazole rings is 1. The number of pyridine rings is 1. The van der Waals surface area contributed by atoms with Gasteiger partial charge in [0.05, 0.1) is 10.9 Å². The fraction of sp³-hybridized carbons (Fsp3) is 0.300. The lowest BCUT2D eigenvalue weighted by atomic mass is 10.3. The van der Waals surface area contributed by atoms with E-state index in [1.54, 1.807) is 38.1 Å². The molecule has 2 aromatic heterocycles. The predicted molar refractivity (Wildman–Crippen MR) is 108 cm³/mol. The molecule has 0 saturated heterocycles. The van der Waals surface area contributed by atoms with Crippen molar-refractivity contribution in [3.63, 3.8) is 0 Å². The standard InChI is InChI=1S/C20H23N3O4S/c1-14(2)28(25,26)15(3)20(24)22-16-7-6-8-18(11-16)27-13-17-12-23-10-5-4-9-19(23)21-17/h4-12,14-15H,13H2,1-3H3,(H,22,24). The molecule has 3 rings (SSSR count). The number of benzene rings is 1. The quantitative estimate of drug-likeness (QED) is 0.657. The summed E-state index contributed by atoms with van der Waals surface area (Å²) in [5, 5.41) is 0.898. The molecule has 0 bridgehead atoms. The van der Waals surface area contributed by atoms with E-state index in [0.29, 0.717) is 11.4 Å². The van der Waals surface area contributed by atoms with Crippen molar-refractivity contribution in [1.82, 2.24) is 9.38 Å². The molecule has 1 atom stereocenters. The molecule has 3 aromatic rings. The van der Waals surface area contributed by atoms with Gasteiger partial charge in [0, 0.05) is 24.1 Å². The zero-order chi connectivity index (χ0) is 20.3. The average molecular weight is 401 g/mol. The summed E-state index contributed by atoms with van der Waals surface area (Å²) in [6.07, 6.45) is 3.80. The number of rotatable bonds is 7. The number of anilines is 1. The van der Waals surface area contributed by atoms with Gasteiger partial charge in [0.15, 0.2) is 9.84 Å². The Morgan fingerprint density at radius 3 is 2.68 bits per heavy atom. The molecule has 8 heteroatoms. The van der Waals surface area contributed by atoms with Crippen molar-refractivity contribution >= 4 is 27.1 Å². The molecule has 0 aliphatic rings. The topological polar surface area (TPSA) is 89.8 Å². The van der Waals surface area contributed by atoms with Crippen molar-refractivity contribution in [2.24, 2.45) is 0 Å². The number of ether oxygens (including phenoxy) is 1. The van der Waals surface area contributed by atoms with Crippen molar-refractivity contribution in [1.29, 1.82) is 0 Å². The molecule has 1 unspecified atom stereocenters. The van der Waals surface area contributed by atoms with Crippen LogP contribution in [0.3, 0.4) is 0 Å². The summed E-state index contributed by atoms with van der Waals surface area (Å²) in [4.78, 5) is 16.8. The van der Waals surface area contributed by atoms with Crippen molar-refractivity contribution in [3.05, 3.63) is 60.6 Å². The van der Waals surface area contributed by atoms with Gasteiger partial charge in [-0.15, -0.1) is 0 Å². The van der Waals surface area contributed by atoms with Crippen LogP contribution < -0.4 is 10.1 Å². The third kappa shape index (κ3) is 4.33. The van der Waals surface area contributed by atoms with Crippen LogP contribution in [0.5, 0.6) is 5.75 Å². The first kappa shape index (κ1) is 19.9. The van der Waals surface area contributed by atoms with E-state index in [9.17, 15) is 13.2 Å². The van der Waals surface area contributed by atoms with Crippen LogP contribution in [0.15, 0.2) is 54.9 Å². The Morgan fingerprint density at radius 1 is 1.18 bits per heavy atom. The Morgan fingerprint density at radius 2 is 1.96 bits per heavy atom. The maximum atomic E-state index is 12.3. The molecule has 0 aliphatic heterocycles. The average Bonchev–Trinajstić information content (AvgIpc) is 3.09. The van der Waals surface area contributed by atoms with Crippen molar-refractivity contribution in [2.75, 3.05) is 5.32 Å². The number of aromatic nitrogens is 2. The highest BCUT2D eigenvalue weighted by Crippen LogP contribution is 2.20. The van der Waals surface area contributed by atoms with Gasteiger partial charge in [-0.05, 0) is 45.0 Å². The van der Waals surface area contributed by atoms with Gasteiger partial charge in [0.1, 0.15) is 23.3 Å². The maximum absolute atomic E-state index is 12.3. The highest BCUT2D eigenvalue weighted by molar-refractivity contribution is 7.93. The molecule has 28 heavy (non-hydrogen) atoms. The Hall–Kier alpha value is -2.87. The molecule has 0 spiro atoms. The normalized spacial score (nSPS) is 12.9. The summed E-state index contributed by atoms with van der Waals surface area (Å²) in [5.41, 5.74) is 2.09. The zero-order valence-electron chi connectivity index (χ0n) is 16.0. The number of sulfone groups is 1. The zero-order valence-corrected chi connectivity index (χ0v) is 16.8. The second kappa shape index (κ2) is 8.02. The van der Waals surface area contributed by atoms with Gasteiger partial charge in [-0.2, -0.15) is 0 Å². The van der Waals surface area contributed by atoms with Crippen LogP contribution in [0, 0.1) is 0 Å². The number of carbonyl (C=O) groups excluding carboxylic acids is 1. The molecular formula is C20H23N3O4S. The van der Waals surface area contributed by atoms with E-state index in [1.807, 2.05) is 35.0 Å². The SMILES string of the molecule is CC(C)S(=O)(=O)C(C)C(=O)Nc1cccc(OCc2cn3ccccc3n2)c1. The highest BCUT2D eigenvalue weighted by atomic mass is 32.2. The first-order chi connectivity index (χ1) is 13.3. The van der Waals surface area contributed by atoms with Crippen LogP contribution >= 0.6 is 0 Å². The summed E-state index contributed by atoms with van der Waals surface area (Å²) in [6.45, 7) is 4.80. The number of amides is 1. The van der Waals surface area contributed by atoms with E-state index in [0.717, 1.165) is 11.3 Å². The third-order valence-electron chi connectivity index (χ3n) is 4.42. The van der Waals surface area contributed by atoms with Crippen LogP contribution in [0.2, 0.25) is 0 Å². The molecule has 0 aliphatic carbocycles. The molecule has 0 fully saturated rings. The van der Waals surface area contributed by atoms with Gasteiger partial charge in [-0.1, -0.05) is 12.1 Å². The van der Waals surface area contributed by atoms with E-state index in [1.165, 1.54) is 6.92 Å². The molecule has 0 radical (unpaired) electrons. The summed E-state index contributed by atoms with van der Waals surface area (Å²) in [6, 6.07) is 12.6. The predicted octanol–water partition coefficient (Wildman–Crippen LogP) is 3.06. The highest BCUT2D eigenvalue weighted by Gasteiger charge is 2.30. The van der Waals surface area contributed by atoms with Crippen LogP contribution in [0.25, 0.3) is 5.65 Å². The minimum atomic E-state index is -3.52. The van der Waals surface area contributed by atoms with E-state index in [2.05, 4.69) is 10.3 Å². The number of nitrogens with one attached hydrogen (secondary N) is 1. The molecule has 1 aromatic carbocycles. The largest absolute Gasteiger partial charge is 0.487 e. The lowest BCUT2D eigenvalue weighted by Gasteiger charge is -2.16. The van der Waals surface area contributed by atoms with Gasteiger partial charge in [0.25, 0.3) is 0 Å². The lowest BCUT2D eigenvalue weighted by Crippen LogP contribution is -2.36. The third-order valence-corrected chi connectivity index (χ3v) is 6.94. The minimum absolute atomic E-state index is 0.275. The molecule has 1 N–H and O–H groups in total. The van der Waals surface area contributed by atoms with E-state index < -0.39 is 26.2 Å².